The zero-order chi connectivity index (χ0) is 37.9. The second-order valence-corrected chi connectivity index (χ2v) is 18.5. The summed E-state index contributed by atoms with van der Waals surface area (Å²) in [6, 6.07) is 19.4. The van der Waals surface area contributed by atoms with Gasteiger partial charge < -0.3 is 8.85 Å². The van der Waals surface area contributed by atoms with Gasteiger partial charge in [0.2, 0.25) is 0 Å². The first-order chi connectivity index (χ1) is 26.1. The Labute approximate surface area is 328 Å². The number of hydrogen-bond acceptors (Lipinski definition) is 4. The topological polar surface area (TPSA) is 52.6 Å². The van der Waals surface area contributed by atoms with E-state index in [1.165, 1.54) is 154 Å². The number of unbranched alkanes of at least 4 members (excludes halogenated alkanes) is 28. The molecule has 0 saturated heterocycles. The first kappa shape index (κ1) is 46.8. The fourth-order valence-electron chi connectivity index (χ4n) is 7.44. The molecule has 0 fully saturated rings. The largest absolute Gasteiger partial charge is 0.534 e. The maximum absolute atomic E-state index is 13.4. The van der Waals surface area contributed by atoms with Gasteiger partial charge in [0.1, 0.15) is 0 Å². The summed E-state index contributed by atoms with van der Waals surface area (Å²) in [5.74, 6) is -0.530. The van der Waals surface area contributed by atoms with Gasteiger partial charge in [-0.25, -0.2) is 0 Å². The fourth-order valence-corrected chi connectivity index (χ4v) is 10.4. The van der Waals surface area contributed by atoms with E-state index in [0.717, 1.165) is 48.9 Å². The molecule has 0 N–H and O–H groups in total. The molecule has 5 heteroatoms. The van der Waals surface area contributed by atoms with Crippen LogP contribution < -0.4 is 10.4 Å². The monoisotopic (exact) mass is 749 g/mol. The summed E-state index contributed by atoms with van der Waals surface area (Å²) >= 11 is 0. The smallest absolute Gasteiger partial charge is 0.478 e. The molecule has 2 aromatic carbocycles. The van der Waals surface area contributed by atoms with E-state index in [0.29, 0.717) is 12.8 Å². The second-order valence-electron chi connectivity index (χ2n) is 15.7. The zero-order valence-corrected chi connectivity index (χ0v) is 35.5. The summed E-state index contributed by atoms with van der Waals surface area (Å²) in [5.41, 5.74) is 0. The van der Waals surface area contributed by atoms with Crippen molar-refractivity contribution in [1.82, 2.24) is 0 Å². The van der Waals surface area contributed by atoms with Crippen LogP contribution in [0.3, 0.4) is 0 Å². The average molecular weight is 749 g/mol. The van der Waals surface area contributed by atoms with Crippen molar-refractivity contribution >= 4 is 30.9 Å². The van der Waals surface area contributed by atoms with Crippen LogP contribution in [0.25, 0.3) is 0 Å². The molecule has 0 aliphatic rings. The van der Waals surface area contributed by atoms with Crippen LogP contribution in [0, 0.1) is 0 Å². The molecule has 0 amide bonds. The summed E-state index contributed by atoms with van der Waals surface area (Å²) < 4.78 is 12.8. The molecule has 0 heterocycles. The Hall–Kier alpha value is -2.40. The number of hydrogen-bond donors (Lipinski definition) is 0. The molecule has 0 aromatic heterocycles. The third-order valence-electron chi connectivity index (χ3n) is 10.8. The van der Waals surface area contributed by atoms with E-state index in [2.05, 4.69) is 13.8 Å². The third kappa shape index (κ3) is 23.2. The van der Waals surface area contributed by atoms with Crippen molar-refractivity contribution in [3.63, 3.8) is 0 Å². The van der Waals surface area contributed by atoms with E-state index in [9.17, 15) is 9.59 Å². The van der Waals surface area contributed by atoms with Crippen molar-refractivity contribution in [2.75, 3.05) is 0 Å². The molecule has 0 radical (unpaired) electrons. The van der Waals surface area contributed by atoms with Crippen LogP contribution >= 0.6 is 0 Å². The summed E-state index contributed by atoms with van der Waals surface area (Å²) in [7, 11) is -3.59. The summed E-state index contributed by atoms with van der Waals surface area (Å²) in [5, 5.41) is 1.58. The van der Waals surface area contributed by atoms with Gasteiger partial charge in [0.25, 0.3) is 11.9 Å². The van der Waals surface area contributed by atoms with Crippen LogP contribution in [0.2, 0.25) is 0 Å². The van der Waals surface area contributed by atoms with E-state index < -0.39 is 8.56 Å². The van der Waals surface area contributed by atoms with Crippen molar-refractivity contribution in [2.24, 2.45) is 0 Å². The van der Waals surface area contributed by atoms with Gasteiger partial charge in [-0.2, -0.15) is 0 Å². The van der Waals surface area contributed by atoms with Crippen LogP contribution in [-0.2, 0) is 18.4 Å². The van der Waals surface area contributed by atoms with Crippen LogP contribution in [0.15, 0.2) is 60.7 Å². The van der Waals surface area contributed by atoms with E-state index in [1.807, 2.05) is 60.7 Å². The highest BCUT2D eigenvalue weighted by Gasteiger charge is 2.49. The van der Waals surface area contributed by atoms with Gasteiger partial charge in [0.15, 0.2) is 0 Å². The fraction of sp³-hybridized carbons (Fsp3) is 0.708. The zero-order valence-electron chi connectivity index (χ0n) is 34.5. The van der Waals surface area contributed by atoms with Gasteiger partial charge in [-0.05, 0) is 12.8 Å². The first-order valence-corrected chi connectivity index (χ1v) is 24.5. The molecule has 0 aliphatic heterocycles. The standard InChI is InChI=1S/C48H80O4Si/c1-3-5-7-9-11-13-15-17-19-21-23-25-27-29-37-43-47(49)51-53(45-39-33-31-34-40-45,46-41-35-32-36-42-46)52-48(50)44-38-30-28-26-24-22-20-18-16-14-12-10-8-6-4-2/h31-36,39-42H,3-30,37-38,43-44H2,1-2H3. The summed E-state index contributed by atoms with van der Waals surface area (Å²) in [4.78, 5) is 26.9. The van der Waals surface area contributed by atoms with Crippen LogP contribution in [0.4, 0.5) is 0 Å². The average Bonchev–Trinajstić information content (AvgIpc) is 3.18. The minimum Gasteiger partial charge on any atom is -0.478 e. The maximum Gasteiger partial charge on any atom is 0.534 e. The molecular formula is C48H80O4Si. The van der Waals surface area contributed by atoms with Crippen LogP contribution in [0.5, 0.6) is 0 Å². The Morgan fingerprint density at radius 2 is 0.585 bits per heavy atom. The number of benzene rings is 2. The molecule has 53 heavy (non-hydrogen) atoms. The summed E-state index contributed by atoms with van der Waals surface area (Å²) in [6.45, 7) is 4.56. The molecular weight excluding hydrogens is 669 g/mol. The third-order valence-corrected chi connectivity index (χ3v) is 14.0. The number of carbonyl (C=O) groups is 2. The van der Waals surface area contributed by atoms with Crippen molar-refractivity contribution in [3.8, 4) is 0 Å². The molecule has 300 valence electrons. The van der Waals surface area contributed by atoms with Gasteiger partial charge in [-0.15, -0.1) is 0 Å². The Balaban J connectivity index is 1.72. The Kier molecular flexibility index (Phi) is 29.1. The molecule has 0 aliphatic carbocycles. The van der Waals surface area contributed by atoms with Gasteiger partial charge in [-0.1, -0.05) is 254 Å². The maximum atomic E-state index is 13.4. The molecule has 0 atom stereocenters. The molecule has 2 rings (SSSR count). The van der Waals surface area contributed by atoms with Crippen LogP contribution in [0.1, 0.15) is 219 Å². The highest BCUT2D eigenvalue weighted by Crippen LogP contribution is 2.18. The van der Waals surface area contributed by atoms with Crippen molar-refractivity contribution in [2.45, 2.75) is 219 Å². The Morgan fingerprint density at radius 1 is 0.358 bits per heavy atom. The lowest BCUT2D eigenvalue weighted by atomic mass is 10.0. The first-order valence-electron chi connectivity index (χ1n) is 22.7. The lowest BCUT2D eigenvalue weighted by Gasteiger charge is -2.30. The van der Waals surface area contributed by atoms with Gasteiger partial charge in [0, 0.05) is 23.2 Å². The molecule has 0 spiro atoms. The molecule has 0 bridgehead atoms. The van der Waals surface area contributed by atoms with E-state index >= 15 is 0 Å². The lowest BCUT2D eigenvalue weighted by molar-refractivity contribution is -0.140. The van der Waals surface area contributed by atoms with E-state index in [-0.39, 0.29) is 11.9 Å². The van der Waals surface area contributed by atoms with Crippen molar-refractivity contribution < 1.29 is 18.4 Å². The van der Waals surface area contributed by atoms with E-state index in [4.69, 9.17) is 8.85 Å². The Bertz CT molecular complexity index is 1030. The molecule has 2 aromatic rings. The van der Waals surface area contributed by atoms with Crippen LogP contribution in [-0.4, -0.2) is 20.5 Å². The highest BCUT2D eigenvalue weighted by molar-refractivity contribution is 6.94. The normalized spacial score (nSPS) is 11.5. The minimum absolute atomic E-state index is 0.265. The van der Waals surface area contributed by atoms with E-state index in [1.54, 1.807) is 0 Å². The molecule has 4 nitrogen and oxygen atoms in total. The lowest BCUT2D eigenvalue weighted by Crippen LogP contribution is -2.65. The molecule has 0 saturated carbocycles. The van der Waals surface area contributed by atoms with Crippen molar-refractivity contribution in [3.05, 3.63) is 60.7 Å². The predicted octanol–water partition coefficient (Wildman–Crippen LogP) is 13.9. The molecule has 0 unspecified atom stereocenters. The minimum atomic E-state index is -3.59. The number of rotatable bonds is 36. The van der Waals surface area contributed by atoms with Gasteiger partial charge >= 0.3 is 8.56 Å². The highest BCUT2D eigenvalue weighted by atomic mass is 28.4. The quantitative estimate of drug-likeness (QED) is 0.0514. The van der Waals surface area contributed by atoms with Gasteiger partial charge in [0.05, 0.1) is 0 Å². The van der Waals surface area contributed by atoms with Gasteiger partial charge in [-0.3, -0.25) is 9.59 Å². The number of carbonyl (C=O) groups excluding carboxylic acids is 2. The predicted molar refractivity (Wildman–Crippen MR) is 229 cm³/mol. The van der Waals surface area contributed by atoms with Crippen molar-refractivity contribution in [1.29, 1.82) is 0 Å². The summed E-state index contributed by atoms with van der Waals surface area (Å²) in [6.07, 6.45) is 39.3. The second kappa shape index (κ2) is 33.0. The Morgan fingerprint density at radius 3 is 0.830 bits per heavy atom. The SMILES string of the molecule is CCCCCCCCCCCCCCCCCC(=O)O[Si](OC(=O)CCCCCCCCCCCCCCCCC)(c1ccccc1)c1ccccc1.